The van der Waals surface area contributed by atoms with Gasteiger partial charge in [0.05, 0.1) is 12.0 Å². The first-order valence-electron chi connectivity index (χ1n) is 11.5. The molecule has 2 atom stereocenters. The van der Waals surface area contributed by atoms with Crippen LogP contribution in [0.5, 0.6) is 0 Å². The lowest BCUT2D eigenvalue weighted by Crippen LogP contribution is -2.47. The van der Waals surface area contributed by atoms with Crippen LogP contribution in [0.25, 0.3) is 27.6 Å². The normalized spacial score (nSPS) is 22.0. The lowest BCUT2D eigenvalue weighted by Gasteiger charge is -2.41. The maximum atomic E-state index is 12.1. The topological polar surface area (TPSA) is 49.3 Å². The van der Waals surface area contributed by atoms with Crippen molar-refractivity contribution in [2.24, 2.45) is 0 Å². The number of rotatable bonds is 3. The van der Waals surface area contributed by atoms with E-state index in [4.69, 9.17) is 0 Å². The summed E-state index contributed by atoms with van der Waals surface area (Å²) in [5, 5.41) is 15.0. The lowest BCUT2D eigenvalue weighted by molar-refractivity contribution is -0.138. The van der Waals surface area contributed by atoms with Crippen LogP contribution in [0, 0.1) is 0 Å². The molecule has 0 spiro atoms. The minimum Gasteiger partial charge on any atom is -0.481 e. The van der Waals surface area contributed by atoms with E-state index in [0.29, 0.717) is 0 Å². The van der Waals surface area contributed by atoms with Crippen molar-refractivity contribution in [3.05, 3.63) is 95.6 Å². The predicted molar refractivity (Wildman–Crippen MR) is 137 cm³/mol. The Labute approximate surface area is 197 Å². The third kappa shape index (κ3) is 3.45. The van der Waals surface area contributed by atoms with Crippen molar-refractivity contribution in [2.45, 2.75) is 42.0 Å². The standard InChI is InChI=1S/C29H25NO2S/c31-28(32)18-29(17-16-20-7-2-4-11-27(20)33-30-29)26-10-5-9-22-24-13-12-19-6-1-3-8-21(19)23(24)14-15-25(22)26/h1-4,6-8,11-17,26,30H,5,9-10,18H2,(H,31,32). The van der Waals surface area contributed by atoms with E-state index < -0.39 is 11.5 Å². The van der Waals surface area contributed by atoms with Crippen molar-refractivity contribution in [2.75, 3.05) is 0 Å². The lowest BCUT2D eigenvalue weighted by atomic mass is 9.69. The molecule has 4 aromatic rings. The molecule has 6 rings (SSSR count). The fraction of sp³-hybridized carbons (Fsp3) is 0.207. The zero-order valence-corrected chi connectivity index (χ0v) is 19.1. The van der Waals surface area contributed by atoms with Gasteiger partial charge >= 0.3 is 5.97 Å². The molecule has 4 aromatic carbocycles. The van der Waals surface area contributed by atoms with E-state index in [1.54, 1.807) is 11.9 Å². The van der Waals surface area contributed by atoms with Gasteiger partial charge in [-0.1, -0.05) is 78.9 Å². The number of carbonyl (C=O) groups is 1. The van der Waals surface area contributed by atoms with Gasteiger partial charge in [-0.25, -0.2) is 4.72 Å². The molecular weight excluding hydrogens is 426 g/mol. The SMILES string of the molecule is O=C(O)CC1(C2CCCc3c2ccc2c3ccc3ccccc32)C=Cc2ccccc2SN1. The number of hydrogen-bond acceptors (Lipinski definition) is 3. The van der Waals surface area contributed by atoms with Crippen LogP contribution in [0.15, 0.2) is 83.8 Å². The molecule has 1 aliphatic carbocycles. The number of carboxylic acids is 1. The Morgan fingerprint density at radius 3 is 2.70 bits per heavy atom. The van der Waals surface area contributed by atoms with Crippen molar-refractivity contribution < 1.29 is 9.90 Å². The summed E-state index contributed by atoms with van der Waals surface area (Å²) < 4.78 is 3.62. The van der Waals surface area contributed by atoms with Gasteiger partial charge in [-0.05, 0) is 75.5 Å². The third-order valence-corrected chi connectivity index (χ3v) is 8.34. The van der Waals surface area contributed by atoms with Crippen LogP contribution in [0.3, 0.4) is 0 Å². The summed E-state index contributed by atoms with van der Waals surface area (Å²) in [6.45, 7) is 0. The Bertz CT molecular complexity index is 1430. The average Bonchev–Trinajstić information content (AvgIpc) is 3.03. The second kappa shape index (κ2) is 8.05. The van der Waals surface area contributed by atoms with Crippen LogP contribution >= 0.6 is 11.9 Å². The summed E-state index contributed by atoms with van der Waals surface area (Å²) in [7, 11) is 0. The molecule has 0 saturated heterocycles. The third-order valence-electron chi connectivity index (χ3n) is 7.26. The zero-order valence-electron chi connectivity index (χ0n) is 18.3. The van der Waals surface area contributed by atoms with E-state index >= 15 is 0 Å². The Morgan fingerprint density at radius 1 is 0.970 bits per heavy atom. The molecule has 2 unspecified atom stereocenters. The van der Waals surface area contributed by atoms with E-state index in [1.165, 1.54) is 32.7 Å². The van der Waals surface area contributed by atoms with Gasteiger partial charge in [-0.2, -0.15) is 0 Å². The van der Waals surface area contributed by atoms with Crippen LogP contribution in [-0.2, 0) is 11.2 Å². The maximum Gasteiger partial charge on any atom is 0.305 e. The summed E-state index contributed by atoms with van der Waals surface area (Å²) in [4.78, 5) is 13.2. The van der Waals surface area contributed by atoms with Crippen LogP contribution in [0.1, 0.15) is 41.9 Å². The summed E-state index contributed by atoms with van der Waals surface area (Å²) >= 11 is 1.56. The molecule has 0 amide bonds. The molecule has 4 heteroatoms. The fourth-order valence-electron chi connectivity index (χ4n) is 5.74. The minimum absolute atomic E-state index is 0.0460. The van der Waals surface area contributed by atoms with E-state index in [-0.39, 0.29) is 12.3 Å². The molecule has 0 radical (unpaired) electrons. The molecule has 1 heterocycles. The molecule has 0 fully saturated rings. The summed E-state index contributed by atoms with van der Waals surface area (Å²) in [6, 6.07) is 25.7. The summed E-state index contributed by atoms with van der Waals surface area (Å²) in [6.07, 6.45) is 7.32. The Kier molecular flexibility index (Phi) is 5.01. The monoisotopic (exact) mass is 451 g/mol. The van der Waals surface area contributed by atoms with E-state index in [2.05, 4.69) is 77.5 Å². The van der Waals surface area contributed by atoms with Gasteiger partial charge in [0, 0.05) is 10.8 Å². The molecule has 33 heavy (non-hydrogen) atoms. The van der Waals surface area contributed by atoms with Crippen molar-refractivity contribution in [1.29, 1.82) is 0 Å². The van der Waals surface area contributed by atoms with Crippen molar-refractivity contribution in [3.8, 4) is 0 Å². The molecule has 0 bridgehead atoms. The van der Waals surface area contributed by atoms with E-state index in [9.17, 15) is 9.90 Å². The summed E-state index contributed by atoms with van der Waals surface area (Å²) in [5.41, 5.74) is 3.13. The second-order valence-electron chi connectivity index (χ2n) is 9.15. The molecule has 2 N–H and O–H groups in total. The number of fused-ring (bicyclic) bond motifs is 6. The first-order chi connectivity index (χ1) is 16.1. The highest BCUT2D eigenvalue weighted by Crippen LogP contribution is 2.47. The Hall–Kier alpha value is -3.08. The van der Waals surface area contributed by atoms with E-state index in [1.807, 2.05) is 12.1 Å². The summed E-state index contributed by atoms with van der Waals surface area (Å²) in [5.74, 6) is -0.691. The fourth-order valence-corrected chi connectivity index (χ4v) is 6.72. The molecular formula is C29H25NO2S. The molecule has 0 saturated carbocycles. The largest absolute Gasteiger partial charge is 0.481 e. The number of carboxylic acid groups (broad SMARTS) is 1. The van der Waals surface area contributed by atoms with Crippen LogP contribution < -0.4 is 4.72 Å². The van der Waals surface area contributed by atoms with E-state index in [0.717, 1.165) is 29.7 Å². The second-order valence-corrected chi connectivity index (χ2v) is 9.99. The minimum atomic E-state index is -0.780. The number of aliphatic carboxylic acids is 1. The van der Waals surface area contributed by atoms with Crippen molar-refractivity contribution in [3.63, 3.8) is 0 Å². The maximum absolute atomic E-state index is 12.1. The van der Waals surface area contributed by atoms with Crippen LogP contribution in [0.2, 0.25) is 0 Å². The zero-order chi connectivity index (χ0) is 22.4. The molecule has 1 aliphatic heterocycles. The first-order valence-corrected chi connectivity index (χ1v) is 12.3. The first kappa shape index (κ1) is 20.5. The van der Waals surface area contributed by atoms with Gasteiger partial charge < -0.3 is 5.11 Å². The highest BCUT2D eigenvalue weighted by Gasteiger charge is 2.42. The smallest absolute Gasteiger partial charge is 0.305 e. The van der Waals surface area contributed by atoms with Crippen molar-refractivity contribution >= 4 is 45.5 Å². The van der Waals surface area contributed by atoms with Gasteiger partial charge in [-0.3, -0.25) is 4.79 Å². The van der Waals surface area contributed by atoms with Gasteiger partial charge in [0.1, 0.15) is 0 Å². The van der Waals surface area contributed by atoms with Crippen LogP contribution in [-0.4, -0.2) is 16.6 Å². The number of aryl methyl sites for hydroxylation is 1. The number of nitrogens with one attached hydrogen (secondary N) is 1. The van der Waals surface area contributed by atoms with Crippen LogP contribution in [0.4, 0.5) is 0 Å². The molecule has 164 valence electrons. The van der Waals surface area contributed by atoms with Gasteiger partial charge in [0.15, 0.2) is 0 Å². The number of benzene rings is 4. The highest BCUT2D eigenvalue weighted by molar-refractivity contribution is 7.97. The Balaban J connectivity index is 1.51. The Morgan fingerprint density at radius 2 is 1.79 bits per heavy atom. The number of hydrogen-bond donors (Lipinski definition) is 2. The van der Waals surface area contributed by atoms with Gasteiger partial charge in [-0.15, -0.1) is 0 Å². The molecule has 2 aliphatic rings. The molecule has 3 nitrogen and oxygen atoms in total. The van der Waals surface area contributed by atoms with Gasteiger partial charge in [0.25, 0.3) is 0 Å². The predicted octanol–water partition coefficient (Wildman–Crippen LogP) is 6.95. The van der Waals surface area contributed by atoms with Crippen molar-refractivity contribution in [1.82, 2.24) is 4.72 Å². The highest BCUT2D eigenvalue weighted by atomic mass is 32.2. The molecule has 0 aromatic heterocycles. The quantitative estimate of drug-likeness (QED) is 0.261. The van der Waals surface area contributed by atoms with Gasteiger partial charge in [0.2, 0.25) is 0 Å². The average molecular weight is 452 g/mol.